The van der Waals surface area contributed by atoms with Gasteiger partial charge in [0, 0.05) is 24.9 Å². The van der Waals surface area contributed by atoms with Gasteiger partial charge in [-0.2, -0.15) is 0 Å². The predicted octanol–water partition coefficient (Wildman–Crippen LogP) is 4.22. The maximum atomic E-state index is 13.3. The number of hydrogen-bond donors (Lipinski definition) is 1. The smallest absolute Gasteiger partial charge is 0.295 e. The van der Waals surface area contributed by atoms with E-state index in [2.05, 4.69) is 4.98 Å². The predicted molar refractivity (Wildman–Crippen MR) is 132 cm³/mol. The molecule has 0 spiro atoms. The molecule has 3 heterocycles. The molecule has 180 valence electrons. The Morgan fingerprint density at radius 2 is 1.81 bits per heavy atom. The van der Waals surface area contributed by atoms with E-state index in [4.69, 9.17) is 0 Å². The topological polar surface area (TPSA) is 118 Å². The Morgan fingerprint density at radius 3 is 2.56 bits per heavy atom. The quantitative estimate of drug-likeness (QED) is 0.145. The van der Waals surface area contributed by atoms with Gasteiger partial charge in [-0.15, -0.1) is 0 Å². The summed E-state index contributed by atoms with van der Waals surface area (Å²) in [7, 11) is 0. The Kier molecular flexibility index (Phi) is 5.81. The molecule has 1 aliphatic heterocycles. The average Bonchev–Trinajstić information content (AvgIpc) is 3.35. The van der Waals surface area contributed by atoms with Crippen molar-refractivity contribution in [2.24, 2.45) is 0 Å². The lowest BCUT2D eigenvalue weighted by Crippen LogP contribution is -2.31. The van der Waals surface area contributed by atoms with Gasteiger partial charge in [-0.25, -0.2) is 4.98 Å². The second kappa shape index (κ2) is 9.10. The highest BCUT2D eigenvalue weighted by Crippen LogP contribution is 2.40. The number of amides is 1. The van der Waals surface area contributed by atoms with Crippen molar-refractivity contribution in [3.63, 3.8) is 0 Å². The number of nitrogens with zero attached hydrogens (tertiary/aromatic N) is 4. The molecule has 1 atom stereocenters. The lowest BCUT2D eigenvalue weighted by molar-refractivity contribution is -0.384. The fourth-order valence-corrected chi connectivity index (χ4v) is 4.69. The number of imidazole rings is 1. The molecule has 0 saturated carbocycles. The summed E-state index contributed by atoms with van der Waals surface area (Å²) in [6, 6.07) is 19.6. The first kappa shape index (κ1) is 23.0. The molecule has 5 rings (SSSR count). The zero-order chi connectivity index (χ0) is 25.4. The Hall–Kier alpha value is -4.79. The van der Waals surface area contributed by atoms with Crippen molar-refractivity contribution in [3.05, 3.63) is 117 Å². The van der Waals surface area contributed by atoms with Crippen LogP contribution in [0.2, 0.25) is 0 Å². The van der Waals surface area contributed by atoms with Crippen LogP contribution in [0.15, 0.2) is 84.6 Å². The summed E-state index contributed by atoms with van der Waals surface area (Å²) in [6.45, 7) is 1.89. The summed E-state index contributed by atoms with van der Waals surface area (Å²) in [5.74, 6) is -1.99. The highest BCUT2D eigenvalue weighted by molar-refractivity contribution is 6.46. The van der Waals surface area contributed by atoms with E-state index in [1.807, 2.05) is 30.3 Å². The van der Waals surface area contributed by atoms with Gasteiger partial charge in [-0.1, -0.05) is 48.5 Å². The third-order valence-corrected chi connectivity index (χ3v) is 6.35. The van der Waals surface area contributed by atoms with Crippen LogP contribution < -0.4 is 0 Å². The molecular formula is C27H22N4O5. The number of likely N-dealkylation sites (tertiary alicyclic amines) is 1. The minimum absolute atomic E-state index is 0.123. The second-order valence-corrected chi connectivity index (χ2v) is 8.55. The van der Waals surface area contributed by atoms with Gasteiger partial charge in [-0.05, 0) is 36.6 Å². The summed E-state index contributed by atoms with van der Waals surface area (Å²) >= 11 is 0. The molecule has 4 aromatic rings. The fourth-order valence-electron chi connectivity index (χ4n) is 4.69. The van der Waals surface area contributed by atoms with E-state index in [1.165, 1.54) is 23.1 Å². The molecule has 2 aromatic heterocycles. The largest absolute Gasteiger partial charge is 0.505 e. The number of non-ortho nitro benzene ring substituents is 1. The number of pyridine rings is 1. The van der Waals surface area contributed by atoms with Gasteiger partial charge in [0.2, 0.25) is 0 Å². The minimum atomic E-state index is -0.998. The van der Waals surface area contributed by atoms with Gasteiger partial charge in [-0.3, -0.25) is 24.1 Å². The van der Waals surface area contributed by atoms with Crippen LogP contribution in [0.1, 0.15) is 28.6 Å². The minimum Gasteiger partial charge on any atom is -0.505 e. The second-order valence-electron chi connectivity index (χ2n) is 8.55. The number of carbonyl (C=O) groups excluding carboxylic acids is 2. The number of nitro benzene ring substituents is 1. The van der Waals surface area contributed by atoms with E-state index in [0.717, 1.165) is 5.56 Å². The number of ketones is 1. The van der Waals surface area contributed by atoms with Crippen LogP contribution in [0.25, 0.3) is 11.4 Å². The van der Waals surface area contributed by atoms with Gasteiger partial charge >= 0.3 is 0 Å². The number of nitro groups is 1. The fraction of sp³-hybridized carbons (Fsp3) is 0.148. The molecule has 1 unspecified atom stereocenters. The highest BCUT2D eigenvalue weighted by atomic mass is 16.6. The Balaban J connectivity index is 1.68. The summed E-state index contributed by atoms with van der Waals surface area (Å²) in [5, 5.41) is 22.9. The first-order valence-corrected chi connectivity index (χ1v) is 11.4. The Morgan fingerprint density at radius 1 is 1.06 bits per heavy atom. The summed E-state index contributed by atoms with van der Waals surface area (Å²) in [5.41, 5.74) is 2.38. The number of carbonyl (C=O) groups is 2. The number of aliphatic hydroxyl groups excluding tert-OH is 1. The number of aliphatic hydroxyl groups is 1. The number of hydrogen-bond acceptors (Lipinski definition) is 6. The van der Waals surface area contributed by atoms with Gasteiger partial charge in [0.1, 0.15) is 11.3 Å². The van der Waals surface area contributed by atoms with Gasteiger partial charge < -0.3 is 10.0 Å². The van der Waals surface area contributed by atoms with E-state index in [0.29, 0.717) is 29.0 Å². The molecule has 36 heavy (non-hydrogen) atoms. The molecule has 1 N–H and O–H groups in total. The van der Waals surface area contributed by atoms with Gasteiger partial charge in [0.15, 0.2) is 5.76 Å². The molecular weight excluding hydrogens is 460 g/mol. The van der Waals surface area contributed by atoms with Crippen molar-refractivity contribution in [3.8, 4) is 0 Å². The van der Waals surface area contributed by atoms with E-state index < -0.39 is 22.7 Å². The molecule has 1 amide bonds. The first-order chi connectivity index (χ1) is 17.4. The normalized spacial score (nSPS) is 17.1. The zero-order valence-corrected chi connectivity index (χ0v) is 19.4. The lowest BCUT2D eigenvalue weighted by Gasteiger charge is -2.25. The number of fused-ring (bicyclic) bond motifs is 1. The molecule has 9 heteroatoms. The summed E-state index contributed by atoms with van der Waals surface area (Å²) < 4.78 is 1.65. The van der Waals surface area contributed by atoms with Gasteiger partial charge in [0.25, 0.3) is 17.4 Å². The maximum absolute atomic E-state index is 13.3. The Labute approximate surface area is 206 Å². The van der Waals surface area contributed by atoms with Crippen LogP contribution in [0.3, 0.4) is 0 Å². The van der Waals surface area contributed by atoms with Crippen LogP contribution in [-0.4, -0.2) is 42.5 Å². The number of rotatable bonds is 6. The van der Waals surface area contributed by atoms with Crippen molar-refractivity contribution in [2.75, 3.05) is 6.54 Å². The molecule has 1 saturated heterocycles. The number of benzene rings is 2. The van der Waals surface area contributed by atoms with Crippen molar-refractivity contribution < 1.29 is 19.6 Å². The van der Waals surface area contributed by atoms with Crippen molar-refractivity contribution in [1.82, 2.24) is 14.3 Å². The van der Waals surface area contributed by atoms with Crippen molar-refractivity contribution >= 4 is 28.8 Å². The first-order valence-electron chi connectivity index (χ1n) is 11.4. The maximum Gasteiger partial charge on any atom is 0.295 e. The van der Waals surface area contributed by atoms with Crippen LogP contribution in [-0.2, 0) is 16.0 Å². The van der Waals surface area contributed by atoms with Crippen molar-refractivity contribution in [2.45, 2.75) is 19.4 Å². The third kappa shape index (κ3) is 3.90. The van der Waals surface area contributed by atoms with Crippen molar-refractivity contribution in [1.29, 1.82) is 0 Å². The van der Waals surface area contributed by atoms with Crippen LogP contribution >= 0.6 is 0 Å². The molecule has 9 nitrogen and oxygen atoms in total. The standard InChI is InChI=1S/C27H22N4O5/c1-17-23(29-14-6-5-12-21(29)28-17)25(32)22-24(19-10-7-11-20(16-19)31(35)36)30(27(34)26(22)33)15-13-18-8-3-2-4-9-18/h2-12,14,16,24,32H,13,15H2,1H3/b25-22+. The monoisotopic (exact) mass is 482 g/mol. The lowest BCUT2D eigenvalue weighted by atomic mass is 9.95. The van der Waals surface area contributed by atoms with Crippen LogP contribution in [0.5, 0.6) is 0 Å². The molecule has 2 aromatic carbocycles. The van der Waals surface area contributed by atoms with Gasteiger partial charge in [0.05, 0.1) is 22.2 Å². The van der Waals surface area contributed by atoms with Crippen LogP contribution in [0, 0.1) is 17.0 Å². The molecule has 0 bridgehead atoms. The Bertz CT molecular complexity index is 1540. The number of Topliss-reactive ketones (excluding diaryl/α,β-unsaturated/α-hetero) is 1. The van der Waals surface area contributed by atoms with E-state index in [1.54, 1.807) is 41.8 Å². The van der Waals surface area contributed by atoms with E-state index >= 15 is 0 Å². The zero-order valence-electron chi connectivity index (χ0n) is 19.4. The van der Waals surface area contributed by atoms with E-state index in [9.17, 15) is 24.8 Å². The highest BCUT2D eigenvalue weighted by Gasteiger charge is 2.46. The molecule has 1 aliphatic rings. The SMILES string of the molecule is Cc1nc2ccccn2c1/C(O)=C1\C(=O)C(=O)N(CCc2ccccc2)C1c1cccc([N+](=O)[O-])c1. The molecule has 1 fully saturated rings. The molecule has 0 aliphatic carbocycles. The van der Waals surface area contributed by atoms with E-state index in [-0.39, 0.29) is 23.6 Å². The summed E-state index contributed by atoms with van der Waals surface area (Å²) in [4.78, 5) is 43.3. The molecule has 0 radical (unpaired) electrons. The average molecular weight is 482 g/mol. The third-order valence-electron chi connectivity index (χ3n) is 6.35. The number of aryl methyl sites for hydroxylation is 1. The van der Waals surface area contributed by atoms with Crippen LogP contribution in [0.4, 0.5) is 5.69 Å². The summed E-state index contributed by atoms with van der Waals surface area (Å²) in [6.07, 6.45) is 2.17. The number of aromatic nitrogens is 2.